The SMILES string of the molecule is COc1ccc([C@H]2CCCNC[C@@H]2COc2ccc3c(c2)C(=O)CC3)cc1. The zero-order chi connectivity index (χ0) is 18.6. The zero-order valence-electron chi connectivity index (χ0n) is 15.9. The first-order valence-electron chi connectivity index (χ1n) is 9.88. The molecule has 27 heavy (non-hydrogen) atoms. The van der Waals surface area contributed by atoms with E-state index in [-0.39, 0.29) is 5.78 Å². The molecule has 2 aliphatic rings. The minimum absolute atomic E-state index is 0.239. The van der Waals surface area contributed by atoms with Gasteiger partial charge in [0.1, 0.15) is 11.5 Å². The van der Waals surface area contributed by atoms with E-state index in [0.29, 0.717) is 24.9 Å². The van der Waals surface area contributed by atoms with E-state index in [9.17, 15) is 4.79 Å². The summed E-state index contributed by atoms with van der Waals surface area (Å²) in [6.45, 7) is 2.65. The van der Waals surface area contributed by atoms with Crippen LogP contribution < -0.4 is 14.8 Å². The smallest absolute Gasteiger partial charge is 0.163 e. The summed E-state index contributed by atoms with van der Waals surface area (Å²) in [5.41, 5.74) is 3.34. The molecule has 0 aromatic heterocycles. The molecule has 0 saturated carbocycles. The molecule has 142 valence electrons. The molecule has 0 spiro atoms. The monoisotopic (exact) mass is 365 g/mol. The van der Waals surface area contributed by atoms with E-state index in [4.69, 9.17) is 9.47 Å². The molecule has 1 saturated heterocycles. The average molecular weight is 365 g/mol. The molecule has 0 radical (unpaired) electrons. The lowest BCUT2D eigenvalue weighted by Gasteiger charge is -2.26. The summed E-state index contributed by atoms with van der Waals surface area (Å²) in [6.07, 6.45) is 3.81. The Morgan fingerprint density at radius 3 is 2.70 bits per heavy atom. The third kappa shape index (κ3) is 4.01. The number of carbonyl (C=O) groups excluding carboxylic acids is 1. The van der Waals surface area contributed by atoms with Gasteiger partial charge in [-0.3, -0.25) is 4.79 Å². The van der Waals surface area contributed by atoms with Crippen molar-refractivity contribution < 1.29 is 14.3 Å². The van der Waals surface area contributed by atoms with Crippen molar-refractivity contribution in [1.82, 2.24) is 5.32 Å². The van der Waals surface area contributed by atoms with Crippen molar-refractivity contribution in [3.63, 3.8) is 0 Å². The van der Waals surface area contributed by atoms with Crippen molar-refractivity contribution in [2.45, 2.75) is 31.6 Å². The second-order valence-electron chi connectivity index (χ2n) is 7.54. The number of hydrogen-bond donors (Lipinski definition) is 1. The lowest BCUT2D eigenvalue weighted by molar-refractivity contribution is 0.0994. The van der Waals surface area contributed by atoms with Crippen molar-refractivity contribution >= 4 is 5.78 Å². The first-order chi connectivity index (χ1) is 13.2. The number of fused-ring (bicyclic) bond motifs is 1. The molecule has 4 nitrogen and oxygen atoms in total. The quantitative estimate of drug-likeness (QED) is 0.870. The highest BCUT2D eigenvalue weighted by atomic mass is 16.5. The first kappa shape index (κ1) is 18.1. The maximum absolute atomic E-state index is 12.0. The fourth-order valence-electron chi connectivity index (χ4n) is 4.29. The number of Topliss-reactive ketones (excluding diaryl/α,β-unsaturated/α-hetero) is 1. The van der Waals surface area contributed by atoms with Crippen LogP contribution in [0.1, 0.15) is 46.7 Å². The Balaban J connectivity index is 1.48. The fourth-order valence-corrected chi connectivity index (χ4v) is 4.29. The number of methoxy groups -OCH3 is 1. The van der Waals surface area contributed by atoms with Gasteiger partial charge in [-0.15, -0.1) is 0 Å². The summed E-state index contributed by atoms with van der Waals surface area (Å²) < 4.78 is 11.4. The Kier molecular flexibility index (Phi) is 5.44. The second-order valence-corrected chi connectivity index (χ2v) is 7.54. The lowest BCUT2D eigenvalue weighted by Crippen LogP contribution is -2.29. The fraction of sp³-hybridized carbons (Fsp3) is 0.435. The van der Waals surface area contributed by atoms with E-state index < -0.39 is 0 Å². The number of rotatable bonds is 5. The highest BCUT2D eigenvalue weighted by Gasteiger charge is 2.26. The Morgan fingerprint density at radius 1 is 1.07 bits per heavy atom. The molecule has 2 aromatic carbocycles. The van der Waals surface area contributed by atoms with Gasteiger partial charge in [0.05, 0.1) is 13.7 Å². The molecule has 1 aliphatic heterocycles. The second kappa shape index (κ2) is 8.13. The number of benzene rings is 2. The largest absolute Gasteiger partial charge is 0.497 e. The Morgan fingerprint density at radius 2 is 1.89 bits per heavy atom. The van der Waals surface area contributed by atoms with Crippen LogP contribution in [0.2, 0.25) is 0 Å². The van der Waals surface area contributed by atoms with Crippen molar-refractivity contribution in [3.8, 4) is 11.5 Å². The molecule has 2 atom stereocenters. The summed E-state index contributed by atoms with van der Waals surface area (Å²) in [5, 5.41) is 3.55. The molecule has 0 bridgehead atoms. The number of ketones is 1. The van der Waals surface area contributed by atoms with Crippen LogP contribution in [0.25, 0.3) is 0 Å². The van der Waals surface area contributed by atoms with Gasteiger partial charge >= 0.3 is 0 Å². The molecule has 4 rings (SSSR count). The summed E-state index contributed by atoms with van der Waals surface area (Å²) in [5.74, 6) is 2.79. The maximum atomic E-state index is 12.0. The molecule has 1 fully saturated rings. The van der Waals surface area contributed by atoms with Gasteiger partial charge in [-0.25, -0.2) is 0 Å². The normalized spacial score (nSPS) is 22.2. The van der Waals surface area contributed by atoms with Crippen LogP contribution in [-0.4, -0.2) is 32.6 Å². The lowest BCUT2D eigenvalue weighted by atomic mass is 9.84. The predicted molar refractivity (Wildman–Crippen MR) is 106 cm³/mol. The summed E-state index contributed by atoms with van der Waals surface area (Å²) >= 11 is 0. The van der Waals surface area contributed by atoms with Crippen molar-refractivity contribution in [2.24, 2.45) is 5.92 Å². The van der Waals surface area contributed by atoms with Crippen LogP contribution in [0.15, 0.2) is 42.5 Å². The zero-order valence-corrected chi connectivity index (χ0v) is 15.9. The van der Waals surface area contributed by atoms with E-state index in [0.717, 1.165) is 48.6 Å². The molecule has 1 heterocycles. The van der Waals surface area contributed by atoms with Gasteiger partial charge in [0.25, 0.3) is 0 Å². The highest BCUT2D eigenvalue weighted by Crippen LogP contribution is 2.33. The van der Waals surface area contributed by atoms with Gasteiger partial charge in [0.15, 0.2) is 5.78 Å². The number of hydrogen-bond acceptors (Lipinski definition) is 4. The van der Waals surface area contributed by atoms with Crippen LogP contribution in [0, 0.1) is 5.92 Å². The van der Waals surface area contributed by atoms with Crippen molar-refractivity contribution in [2.75, 3.05) is 26.8 Å². The molecule has 2 aromatic rings. The van der Waals surface area contributed by atoms with Crippen LogP contribution in [0.3, 0.4) is 0 Å². The van der Waals surface area contributed by atoms with E-state index in [1.807, 2.05) is 30.3 Å². The summed E-state index contributed by atoms with van der Waals surface area (Å²) in [6, 6.07) is 14.4. The minimum atomic E-state index is 0.239. The number of nitrogens with one attached hydrogen (secondary N) is 1. The third-order valence-corrected chi connectivity index (χ3v) is 5.86. The Hall–Kier alpha value is -2.33. The number of ether oxygens (including phenoxy) is 2. The van der Waals surface area contributed by atoms with Gasteiger partial charge in [0, 0.05) is 24.4 Å². The molecular formula is C23H27NO3. The highest BCUT2D eigenvalue weighted by molar-refractivity contribution is 6.00. The molecule has 0 unspecified atom stereocenters. The van der Waals surface area contributed by atoms with E-state index in [1.165, 1.54) is 12.0 Å². The van der Waals surface area contributed by atoms with Crippen LogP contribution in [-0.2, 0) is 6.42 Å². The Bertz CT molecular complexity index is 800. The first-order valence-corrected chi connectivity index (χ1v) is 9.88. The van der Waals surface area contributed by atoms with Gasteiger partial charge in [-0.05, 0) is 67.1 Å². The summed E-state index contributed by atoms with van der Waals surface area (Å²) in [4.78, 5) is 12.0. The topological polar surface area (TPSA) is 47.6 Å². The van der Waals surface area contributed by atoms with E-state index in [2.05, 4.69) is 17.4 Å². The van der Waals surface area contributed by atoms with Crippen LogP contribution >= 0.6 is 0 Å². The summed E-state index contributed by atoms with van der Waals surface area (Å²) in [7, 11) is 1.70. The molecular weight excluding hydrogens is 338 g/mol. The molecule has 1 N–H and O–H groups in total. The maximum Gasteiger partial charge on any atom is 0.163 e. The van der Waals surface area contributed by atoms with Gasteiger partial charge in [0.2, 0.25) is 0 Å². The van der Waals surface area contributed by atoms with Crippen LogP contribution in [0.4, 0.5) is 0 Å². The van der Waals surface area contributed by atoms with Gasteiger partial charge in [-0.1, -0.05) is 18.2 Å². The number of aryl methyl sites for hydroxylation is 1. The van der Waals surface area contributed by atoms with E-state index in [1.54, 1.807) is 7.11 Å². The Labute approximate surface area is 160 Å². The standard InChI is InChI=1S/C23H27NO3/c1-26-19-8-4-16(5-9-19)21-3-2-12-24-14-18(21)15-27-20-10-6-17-7-11-23(25)22(17)13-20/h4-6,8-10,13,18,21,24H,2-3,7,11-12,14-15H2,1H3/t18-,21-/m1/s1. The van der Waals surface area contributed by atoms with Gasteiger partial charge < -0.3 is 14.8 Å². The molecule has 4 heteroatoms. The van der Waals surface area contributed by atoms with Crippen LogP contribution in [0.5, 0.6) is 11.5 Å². The molecule has 0 amide bonds. The predicted octanol–water partition coefficient (Wildman–Crippen LogP) is 3.99. The van der Waals surface area contributed by atoms with Crippen molar-refractivity contribution in [3.05, 3.63) is 59.2 Å². The third-order valence-electron chi connectivity index (χ3n) is 5.86. The van der Waals surface area contributed by atoms with Gasteiger partial charge in [-0.2, -0.15) is 0 Å². The van der Waals surface area contributed by atoms with E-state index >= 15 is 0 Å². The van der Waals surface area contributed by atoms with Crippen molar-refractivity contribution in [1.29, 1.82) is 0 Å². The number of carbonyl (C=O) groups is 1. The average Bonchev–Trinajstić information content (AvgIpc) is 2.92. The minimum Gasteiger partial charge on any atom is -0.497 e. The molecule has 1 aliphatic carbocycles.